The molecule has 0 aliphatic carbocycles. The van der Waals surface area contributed by atoms with Crippen LogP contribution >= 0.6 is 0 Å². The maximum Gasteiger partial charge on any atom is 0.300 e. The van der Waals surface area contributed by atoms with Crippen LogP contribution < -0.4 is 9.64 Å². The van der Waals surface area contributed by atoms with Crippen LogP contribution in [0, 0.1) is 20.8 Å². The molecular weight excluding hydrogens is 428 g/mol. The Hall–Kier alpha value is -3.93. The van der Waals surface area contributed by atoms with Crippen molar-refractivity contribution in [1.29, 1.82) is 0 Å². The molecule has 0 spiro atoms. The smallest absolute Gasteiger partial charge is 0.300 e. The van der Waals surface area contributed by atoms with Gasteiger partial charge in [0.2, 0.25) is 0 Å². The molecule has 1 amide bonds. The Morgan fingerprint density at radius 1 is 1.03 bits per heavy atom. The van der Waals surface area contributed by atoms with Crippen LogP contribution in [0.5, 0.6) is 5.75 Å². The number of pyridine rings is 1. The number of carbonyl (C=O) groups excluding carboxylic acids is 2. The average molecular weight is 457 g/mol. The van der Waals surface area contributed by atoms with Gasteiger partial charge in [-0.2, -0.15) is 0 Å². The molecule has 0 radical (unpaired) electrons. The Morgan fingerprint density at radius 3 is 2.41 bits per heavy atom. The number of amides is 1. The summed E-state index contributed by atoms with van der Waals surface area (Å²) in [5.74, 6) is -0.935. The number of aliphatic hydroxyl groups is 1. The number of aromatic nitrogens is 1. The quantitative estimate of drug-likeness (QED) is 0.315. The Bertz CT molecular complexity index is 1300. The number of hydrogen-bond acceptors (Lipinski definition) is 5. The number of rotatable bonds is 5. The fraction of sp³-hybridized carbons (Fsp3) is 0.250. The molecule has 1 aliphatic rings. The molecule has 1 N–H and O–H groups in total. The van der Waals surface area contributed by atoms with Crippen LogP contribution in [0.4, 0.5) is 5.69 Å². The molecule has 34 heavy (non-hydrogen) atoms. The highest BCUT2D eigenvalue weighted by Gasteiger charge is 2.47. The van der Waals surface area contributed by atoms with Crippen LogP contribution in [0.3, 0.4) is 0 Å². The van der Waals surface area contributed by atoms with Gasteiger partial charge in [-0.3, -0.25) is 19.5 Å². The third-order valence-electron chi connectivity index (χ3n) is 5.87. The summed E-state index contributed by atoms with van der Waals surface area (Å²) >= 11 is 0. The number of anilines is 1. The minimum atomic E-state index is -0.804. The SMILES string of the molecule is Cc1ccc(N2C(=O)C(=O)/C(=C(/O)c3ccc(OC(C)C)c(C)c3)C2c2cccnc2)c(C)c1. The van der Waals surface area contributed by atoms with E-state index in [0.29, 0.717) is 22.6 Å². The van der Waals surface area contributed by atoms with E-state index in [1.54, 1.807) is 42.7 Å². The number of aryl methyl sites for hydroxylation is 3. The minimum Gasteiger partial charge on any atom is -0.507 e. The van der Waals surface area contributed by atoms with Crippen molar-refractivity contribution in [3.8, 4) is 5.75 Å². The summed E-state index contributed by atoms with van der Waals surface area (Å²) in [5.41, 5.74) is 4.48. The molecule has 1 atom stereocenters. The summed E-state index contributed by atoms with van der Waals surface area (Å²) in [4.78, 5) is 32.3. The van der Waals surface area contributed by atoms with Gasteiger partial charge in [0.05, 0.1) is 17.7 Å². The zero-order valence-electron chi connectivity index (χ0n) is 20.0. The average Bonchev–Trinajstić information content (AvgIpc) is 3.05. The van der Waals surface area contributed by atoms with E-state index in [-0.39, 0.29) is 17.4 Å². The van der Waals surface area contributed by atoms with E-state index in [0.717, 1.165) is 16.7 Å². The molecule has 0 saturated carbocycles. The highest BCUT2D eigenvalue weighted by molar-refractivity contribution is 6.51. The number of benzene rings is 2. The van der Waals surface area contributed by atoms with E-state index in [1.807, 2.05) is 52.8 Å². The first-order valence-corrected chi connectivity index (χ1v) is 11.2. The Labute approximate surface area is 199 Å². The zero-order chi connectivity index (χ0) is 24.6. The van der Waals surface area contributed by atoms with Gasteiger partial charge in [0.25, 0.3) is 11.7 Å². The number of hydrogen-bond donors (Lipinski definition) is 1. The molecule has 3 aromatic rings. The third kappa shape index (κ3) is 4.19. The van der Waals surface area contributed by atoms with Crippen LogP contribution in [0.25, 0.3) is 5.76 Å². The molecule has 6 heteroatoms. The minimum absolute atomic E-state index is 0.00630. The molecule has 1 fully saturated rings. The zero-order valence-corrected chi connectivity index (χ0v) is 20.0. The van der Waals surface area contributed by atoms with Gasteiger partial charge in [-0.25, -0.2) is 0 Å². The summed E-state index contributed by atoms with van der Waals surface area (Å²) in [6.45, 7) is 9.63. The molecular formula is C28H28N2O4. The maximum atomic E-state index is 13.3. The molecule has 2 aromatic carbocycles. The van der Waals surface area contributed by atoms with E-state index in [4.69, 9.17) is 4.74 Å². The molecule has 0 bridgehead atoms. The van der Waals surface area contributed by atoms with Crippen molar-refractivity contribution in [2.45, 2.75) is 46.8 Å². The van der Waals surface area contributed by atoms with E-state index >= 15 is 0 Å². The second-order valence-corrected chi connectivity index (χ2v) is 8.89. The van der Waals surface area contributed by atoms with Gasteiger partial charge >= 0.3 is 0 Å². The van der Waals surface area contributed by atoms with E-state index < -0.39 is 17.7 Å². The topological polar surface area (TPSA) is 79.7 Å². The maximum absolute atomic E-state index is 13.3. The number of carbonyl (C=O) groups is 2. The van der Waals surface area contributed by atoms with E-state index in [9.17, 15) is 14.7 Å². The van der Waals surface area contributed by atoms with Crippen molar-refractivity contribution in [1.82, 2.24) is 4.98 Å². The third-order valence-corrected chi connectivity index (χ3v) is 5.87. The lowest BCUT2D eigenvalue weighted by Gasteiger charge is -2.26. The first kappa shape index (κ1) is 23.2. The van der Waals surface area contributed by atoms with Gasteiger partial charge in [-0.05, 0) is 81.6 Å². The van der Waals surface area contributed by atoms with Crippen molar-refractivity contribution >= 4 is 23.1 Å². The Balaban J connectivity index is 1.90. The van der Waals surface area contributed by atoms with Crippen molar-refractivity contribution < 1.29 is 19.4 Å². The molecule has 1 aliphatic heterocycles. The van der Waals surface area contributed by atoms with Crippen LogP contribution in [0.15, 0.2) is 66.5 Å². The Morgan fingerprint density at radius 2 is 1.79 bits per heavy atom. The summed E-state index contributed by atoms with van der Waals surface area (Å²) < 4.78 is 5.80. The lowest BCUT2D eigenvalue weighted by atomic mass is 9.95. The number of Topliss-reactive ketones (excluding diaryl/α,β-unsaturated/α-hetero) is 1. The summed E-state index contributed by atoms with van der Waals surface area (Å²) in [6, 6.07) is 13.7. The van der Waals surface area contributed by atoms with Crippen molar-refractivity contribution in [2.24, 2.45) is 0 Å². The van der Waals surface area contributed by atoms with Gasteiger partial charge in [-0.15, -0.1) is 0 Å². The first-order valence-electron chi connectivity index (χ1n) is 11.2. The van der Waals surface area contributed by atoms with Gasteiger partial charge in [0.1, 0.15) is 11.5 Å². The fourth-order valence-corrected chi connectivity index (χ4v) is 4.35. The van der Waals surface area contributed by atoms with E-state index in [1.165, 1.54) is 4.90 Å². The summed E-state index contributed by atoms with van der Waals surface area (Å²) in [7, 11) is 0. The monoisotopic (exact) mass is 456 g/mol. The summed E-state index contributed by atoms with van der Waals surface area (Å²) in [5, 5.41) is 11.3. The second kappa shape index (κ2) is 9.14. The molecule has 174 valence electrons. The number of ketones is 1. The second-order valence-electron chi connectivity index (χ2n) is 8.89. The van der Waals surface area contributed by atoms with Crippen molar-refractivity contribution in [3.05, 3.63) is 94.3 Å². The van der Waals surface area contributed by atoms with Crippen LogP contribution in [-0.4, -0.2) is 27.9 Å². The van der Waals surface area contributed by atoms with Gasteiger partial charge < -0.3 is 9.84 Å². The van der Waals surface area contributed by atoms with Gasteiger partial charge in [0.15, 0.2) is 0 Å². The van der Waals surface area contributed by atoms with Crippen molar-refractivity contribution in [2.75, 3.05) is 4.90 Å². The molecule has 6 nitrogen and oxygen atoms in total. The predicted molar refractivity (Wildman–Crippen MR) is 132 cm³/mol. The largest absolute Gasteiger partial charge is 0.507 e. The van der Waals surface area contributed by atoms with Gasteiger partial charge in [0, 0.05) is 23.6 Å². The normalized spacial score (nSPS) is 17.5. The van der Waals surface area contributed by atoms with Crippen LogP contribution in [0.1, 0.15) is 47.7 Å². The molecule has 1 saturated heterocycles. The number of nitrogens with zero attached hydrogens (tertiary/aromatic N) is 2. The molecule has 1 aromatic heterocycles. The van der Waals surface area contributed by atoms with E-state index in [2.05, 4.69) is 4.98 Å². The molecule has 4 rings (SSSR count). The standard InChI is InChI=1S/C28H28N2O4/c1-16(2)34-23-11-9-20(14-19(23)5)26(31)24-25(21-7-6-12-29-15-21)30(28(33)27(24)32)22-10-8-17(3)13-18(22)4/h6-16,25,31H,1-5H3/b26-24+. The molecule has 1 unspecified atom stereocenters. The first-order chi connectivity index (χ1) is 16.2. The molecule has 2 heterocycles. The predicted octanol–water partition coefficient (Wildman–Crippen LogP) is 5.42. The van der Waals surface area contributed by atoms with Crippen LogP contribution in [0.2, 0.25) is 0 Å². The number of aliphatic hydroxyl groups excluding tert-OH is 1. The fourth-order valence-electron chi connectivity index (χ4n) is 4.35. The van der Waals surface area contributed by atoms with Crippen molar-refractivity contribution in [3.63, 3.8) is 0 Å². The lowest BCUT2D eigenvalue weighted by molar-refractivity contribution is -0.132. The summed E-state index contributed by atoms with van der Waals surface area (Å²) in [6.07, 6.45) is 3.25. The van der Waals surface area contributed by atoms with Crippen LogP contribution in [-0.2, 0) is 9.59 Å². The Kier molecular flexibility index (Phi) is 6.24. The lowest BCUT2D eigenvalue weighted by Crippen LogP contribution is -2.30. The highest BCUT2D eigenvalue weighted by Crippen LogP contribution is 2.43. The number of ether oxygens (including phenoxy) is 1. The highest BCUT2D eigenvalue weighted by atomic mass is 16.5. The van der Waals surface area contributed by atoms with Gasteiger partial charge in [-0.1, -0.05) is 23.8 Å².